The number of nitrogens with zero attached hydrogens (tertiary/aromatic N) is 3. The fraction of sp³-hybridized carbons (Fsp3) is 0.750. The highest BCUT2D eigenvalue weighted by Crippen LogP contribution is 2.36. The van der Waals surface area contributed by atoms with Gasteiger partial charge in [0.25, 0.3) is 0 Å². The molecular formula is C16H26BN3O4. The Kier molecular flexibility index (Phi) is 4.38. The lowest BCUT2D eigenvalue weighted by Crippen LogP contribution is -2.41. The Balaban J connectivity index is 1.58. The molecule has 0 saturated carbocycles. The van der Waals surface area contributed by atoms with Gasteiger partial charge >= 0.3 is 13.2 Å². The summed E-state index contributed by atoms with van der Waals surface area (Å²) in [6.45, 7) is 10.1. The molecule has 24 heavy (non-hydrogen) atoms. The van der Waals surface area contributed by atoms with E-state index in [1.54, 1.807) is 6.20 Å². The van der Waals surface area contributed by atoms with E-state index in [4.69, 9.17) is 14.4 Å². The van der Waals surface area contributed by atoms with E-state index in [0.717, 1.165) is 24.8 Å². The third-order valence-corrected chi connectivity index (χ3v) is 5.51. The predicted octanol–water partition coefficient (Wildman–Crippen LogP) is 1.57. The molecule has 0 aliphatic carbocycles. The van der Waals surface area contributed by atoms with Crippen LogP contribution in [-0.2, 0) is 15.9 Å². The molecule has 1 amide bonds. The molecule has 7 nitrogen and oxygen atoms in total. The van der Waals surface area contributed by atoms with Gasteiger partial charge in [0, 0.05) is 37.5 Å². The molecule has 3 rings (SSSR count). The normalized spacial score (nSPS) is 23.7. The summed E-state index contributed by atoms with van der Waals surface area (Å²) in [5, 5.41) is 13.4. The van der Waals surface area contributed by atoms with E-state index in [2.05, 4.69) is 5.10 Å². The van der Waals surface area contributed by atoms with Gasteiger partial charge in [-0.15, -0.1) is 0 Å². The second kappa shape index (κ2) is 6.08. The summed E-state index contributed by atoms with van der Waals surface area (Å²) in [5.41, 5.74) is 0.212. The number of likely N-dealkylation sites (tertiary alicyclic amines) is 1. The van der Waals surface area contributed by atoms with E-state index in [0.29, 0.717) is 19.0 Å². The average molecular weight is 335 g/mol. The highest BCUT2D eigenvalue weighted by Gasteiger charge is 2.52. The fourth-order valence-electron chi connectivity index (χ4n) is 3.15. The van der Waals surface area contributed by atoms with Gasteiger partial charge in [0.05, 0.1) is 11.2 Å². The Bertz CT molecular complexity index is 592. The van der Waals surface area contributed by atoms with Crippen molar-refractivity contribution < 1.29 is 19.2 Å². The van der Waals surface area contributed by atoms with Gasteiger partial charge in [0.2, 0.25) is 0 Å². The van der Waals surface area contributed by atoms with Crippen molar-refractivity contribution in [3.63, 3.8) is 0 Å². The summed E-state index contributed by atoms with van der Waals surface area (Å²) in [5.74, 6) is 0.451. The van der Waals surface area contributed by atoms with Crippen LogP contribution in [-0.4, -0.2) is 57.3 Å². The van der Waals surface area contributed by atoms with Gasteiger partial charge in [-0.3, -0.25) is 4.68 Å². The average Bonchev–Trinajstić information content (AvgIpc) is 3.02. The molecule has 2 aliphatic heterocycles. The number of hydrogen-bond donors (Lipinski definition) is 1. The lowest BCUT2D eigenvalue weighted by atomic mass is 9.82. The van der Waals surface area contributed by atoms with E-state index in [1.807, 2.05) is 38.6 Å². The van der Waals surface area contributed by atoms with E-state index >= 15 is 0 Å². The van der Waals surface area contributed by atoms with Crippen LogP contribution in [0.4, 0.5) is 4.79 Å². The maximum atomic E-state index is 11.0. The molecular weight excluding hydrogens is 309 g/mol. The minimum Gasteiger partial charge on any atom is -0.465 e. The van der Waals surface area contributed by atoms with Crippen molar-refractivity contribution in [3.8, 4) is 0 Å². The largest absolute Gasteiger partial charge is 0.498 e. The number of amides is 1. The summed E-state index contributed by atoms with van der Waals surface area (Å²) >= 11 is 0. The number of hydrogen-bond acceptors (Lipinski definition) is 4. The van der Waals surface area contributed by atoms with Crippen LogP contribution in [0.2, 0.25) is 0 Å². The maximum Gasteiger partial charge on any atom is 0.498 e. The first-order valence-corrected chi connectivity index (χ1v) is 8.54. The zero-order chi connectivity index (χ0) is 17.5. The van der Waals surface area contributed by atoms with E-state index in [9.17, 15) is 4.79 Å². The van der Waals surface area contributed by atoms with Gasteiger partial charge in [-0.05, 0) is 46.5 Å². The number of aromatic nitrogens is 2. The van der Waals surface area contributed by atoms with Crippen LogP contribution in [0.1, 0.15) is 40.5 Å². The van der Waals surface area contributed by atoms with Crippen molar-refractivity contribution in [2.75, 3.05) is 13.1 Å². The Labute approximate surface area is 143 Å². The molecule has 0 bridgehead atoms. The lowest BCUT2D eigenvalue weighted by Gasteiger charge is -2.32. The molecule has 132 valence electrons. The molecule has 8 heteroatoms. The first-order valence-electron chi connectivity index (χ1n) is 8.54. The van der Waals surface area contributed by atoms with Crippen molar-refractivity contribution in [2.24, 2.45) is 5.92 Å². The van der Waals surface area contributed by atoms with Crippen molar-refractivity contribution in [1.29, 1.82) is 0 Å². The van der Waals surface area contributed by atoms with Gasteiger partial charge in [0.1, 0.15) is 0 Å². The molecule has 0 unspecified atom stereocenters. The fourth-order valence-corrected chi connectivity index (χ4v) is 3.15. The number of carbonyl (C=O) groups is 1. The molecule has 1 N–H and O–H groups in total. The molecule has 0 atom stereocenters. The molecule has 2 fully saturated rings. The SMILES string of the molecule is CC1(C)OB(c2cnn(CC3CCN(C(=O)O)CC3)c2)OC1(C)C. The van der Waals surface area contributed by atoms with E-state index < -0.39 is 13.2 Å². The van der Waals surface area contributed by atoms with Crippen LogP contribution in [0.3, 0.4) is 0 Å². The van der Waals surface area contributed by atoms with Crippen LogP contribution >= 0.6 is 0 Å². The number of rotatable bonds is 3. The first kappa shape index (κ1) is 17.3. The van der Waals surface area contributed by atoms with Crippen molar-refractivity contribution in [3.05, 3.63) is 12.4 Å². The van der Waals surface area contributed by atoms with Crippen LogP contribution in [0.25, 0.3) is 0 Å². The lowest BCUT2D eigenvalue weighted by molar-refractivity contribution is 0.00578. The summed E-state index contributed by atoms with van der Waals surface area (Å²) in [6, 6.07) is 0. The minimum absolute atomic E-state index is 0.358. The molecule has 3 heterocycles. The number of carboxylic acid groups (broad SMARTS) is 1. The molecule has 0 radical (unpaired) electrons. The van der Waals surface area contributed by atoms with Crippen LogP contribution in [0, 0.1) is 5.92 Å². The van der Waals surface area contributed by atoms with E-state index in [-0.39, 0.29) is 11.2 Å². The highest BCUT2D eigenvalue weighted by atomic mass is 16.7. The van der Waals surface area contributed by atoms with Crippen molar-refractivity contribution >= 4 is 18.7 Å². The summed E-state index contributed by atoms with van der Waals surface area (Å²) in [7, 11) is -0.391. The summed E-state index contributed by atoms with van der Waals surface area (Å²) in [4.78, 5) is 12.4. The topological polar surface area (TPSA) is 76.8 Å². The van der Waals surface area contributed by atoms with Gasteiger partial charge < -0.3 is 19.3 Å². The zero-order valence-corrected chi connectivity index (χ0v) is 14.9. The molecule has 1 aromatic heterocycles. The first-order chi connectivity index (χ1) is 11.2. The monoisotopic (exact) mass is 335 g/mol. The summed E-state index contributed by atoms with van der Waals surface area (Å²) in [6.07, 6.45) is 4.70. The van der Waals surface area contributed by atoms with Gasteiger partial charge in [-0.1, -0.05) is 0 Å². The molecule has 2 aliphatic rings. The third kappa shape index (κ3) is 3.30. The minimum atomic E-state index is -0.824. The maximum absolute atomic E-state index is 11.0. The van der Waals surface area contributed by atoms with Crippen molar-refractivity contribution in [2.45, 2.75) is 58.3 Å². The van der Waals surface area contributed by atoms with Crippen molar-refractivity contribution in [1.82, 2.24) is 14.7 Å². The van der Waals surface area contributed by atoms with Gasteiger partial charge in [0.15, 0.2) is 0 Å². The van der Waals surface area contributed by atoms with Crippen LogP contribution in [0.5, 0.6) is 0 Å². The van der Waals surface area contributed by atoms with Gasteiger partial charge in [-0.25, -0.2) is 4.79 Å². The third-order valence-electron chi connectivity index (χ3n) is 5.51. The smallest absolute Gasteiger partial charge is 0.465 e. The Morgan fingerprint density at radius 3 is 2.42 bits per heavy atom. The highest BCUT2D eigenvalue weighted by molar-refractivity contribution is 6.61. The second-order valence-electron chi connectivity index (χ2n) is 7.80. The molecule has 1 aromatic rings. The second-order valence-corrected chi connectivity index (χ2v) is 7.80. The van der Waals surface area contributed by atoms with Crippen LogP contribution < -0.4 is 5.46 Å². The molecule has 0 spiro atoms. The molecule has 2 saturated heterocycles. The van der Waals surface area contributed by atoms with Gasteiger partial charge in [-0.2, -0.15) is 5.10 Å². The Morgan fingerprint density at radius 1 is 1.29 bits per heavy atom. The number of piperidine rings is 1. The quantitative estimate of drug-likeness (QED) is 0.849. The Hall–Kier alpha value is -1.54. The predicted molar refractivity (Wildman–Crippen MR) is 90.3 cm³/mol. The van der Waals surface area contributed by atoms with Crippen LogP contribution in [0.15, 0.2) is 12.4 Å². The summed E-state index contributed by atoms with van der Waals surface area (Å²) < 4.78 is 14.0. The van der Waals surface area contributed by atoms with E-state index in [1.165, 1.54) is 4.90 Å². The standard InChI is InChI=1S/C16H26BN3O4/c1-15(2)16(3,4)24-17(23-15)13-9-18-20(11-13)10-12-5-7-19(8-6-12)14(21)22/h9,11-12H,5-8,10H2,1-4H3,(H,21,22). The zero-order valence-electron chi connectivity index (χ0n) is 14.9. The Morgan fingerprint density at radius 2 is 1.88 bits per heavy atom. The molecule has 0 aromatic carbocycles.